The number of anilines is 2. The zero-order valence-corrected chi connectivity index (χ0v) is 17.8. The third kappa shape index (κ3) is 3.42. The summed E-state index contributed by atoms with van der Waals surface area (Å²) in [4.78, 5) is 52.7. The monoisotopic (exact) mass is 449 g/mol. The SMILES string of the molecule is O=C(OCC(=O)N1c2ccccc2NC(=O)C12CCCC2)c1csc(-c2ncccn2)n1. The molecule has 32 heavy (non-hydrogen) atoms. The van der Waals surface area contributed by atoms with Crippen molar-refractivity contribution in [3.05, 3.63) is 53.8 Å². The van der Waals surface area contributed by atoms with Crippen molar-refractivity contribution in [1.29, 1.82) is 0 Å². The number of hydrogen-bond donors (Lipinski definition) is 1. The molecule has 3 aromatic rings. The highest BCUT2D eigenvalue weighted by Gasteiger charge is 2.52. The van der Waals surface area contributed by atoms with Crippen LogP contribution in [0, 0.1) is 0 Å². The van der Waals surface area contributed by atoms with Gasteiger partial charge in [0.1, 0.15) is 5.54 Å². The molecule has 10 heteroatoms. The van der Waals surface area contributed by atoms with Gasteiger partial charge in [0.2, 0.25) is 0 Å². The van der Waals surface area contributed by atoms with Crippen LogP contribution in [0.25, 0.3) is 10.8 Å². The summed E-state index contributed by atoms with van der Waals surface area (Å²) in [5.74, 6) is -0.941. The highest BCUT2D eigenvalue weighted by Crippen LogP contribution is 2.45. The smallest absolute Gasteiger partial charge is 0.358 e. The number of benzene rings is 1. The zero-order valence-electron chi connectivity index (χ0n) is 17.0. The lowest BCUT2D eigenvalue weighted by atomic mass is 9.90. The molecule has 162 valence electrons. The number of nitrogens with zero attached hydrogens (tertiary/aromatic N) is 4. The van der Waals surface area contributed by atoms with E-state index in [4.69, 9.17) is 4.74 Å². The van der Waals surface area contributed by atoms with Gasteiger partial charge in [-0.3, -0.25) is 14.5 Å². The third-order valence-corrected chi connectivity index (χ3v) is 6.56. The molecule has 1 saturated carbocycles. The van der Waals surface area contributed by atoms with E-state index in [1.165, 1.54) is 16.2 Å². The highest BCUT2D eigenvalue weighted by atomic mass is 32.1. The van der Waals surface area contributed by atoms with Crippen molar-refractivity contribution in [1.82, 2.24) is 15.0 Å². The molecule has 0 saturated heterocycles. The predicted molar refractivity (Wildman–Crippen MR) is 117 cm³/mol. The number of para-hydroxylation sites is 2. The van der Waals surface area contributed by atoms with E-state index in [-0.39, 0.29) is 11.6 Å². The minimum atomic E-state index is -0.948. The van der Waals surface area contributed by atoms with Gasteiger partial charge in [0.25, 0.3) is 11.8 Å². The molecule has 1 fully saturated rings. The van der Waals surface area contributed by atoms with Gasteiger partial charge in [0.05, 0.1) is 11.4 Å². The minimum Gasteiger partial charge on any atom is -0.451 e. The van der Waals surface area contributed by atoms with Gasteiger partial charge in [-0.1, -0.05) is 25.0 Å². The standard InChI is InChI=1S/C22H19N5O4S/c28-17(12-31-20(29)15-13-32-19(25-15)18-23-10-5-11-24-18)27-16-7-2-1-6-14(16)26-21(30)22(27)8-3-4-9-22/h1-2,5-7,10-11,13H,3-4,8-9,12H2,(H,26,30). The number of ether oxygens (including phenoxy) is 1. The second kappa shape index (κ2) is 8.12. The van der Waals surface area contributed by atoms with Crippen LogP contribution in [0.1, 0.15) is 36.2 Å². The number of aromatic nitrogens is 3. The number of thiazole rings is 1. The Balaban J connectivity index is 1.35. The Morgan fingerprint density at radius 3 is 2.66 bits per heavy atom. The summed E-state index contributed by atoms with van der Waals surface area (Å²) in [5.41, 5.74) is 0.322. The average molecular weight is 449 g/mol. The van der Waals surface area contributed by atoms with Crippen molar-refractivity contribution in [3.8, 4) is 10.8 Å². The fraction of sp³-hybridized carbons (Fsp3) is 0.273. The number of esters is 1. The molecule has 1 spiro atoms. The number of rotatable bonds is 4. The fourth-order valence-electron chi connectivity index (χ4n) is 4.27. The quantitative estimate of drug-likeness (QED) is 0.609. The summed E-state index contributed by atoms with van der Waals surface area (Å²) in [6.07, 6.45) is 6.01. The van der Waals surface area contributed by atoms with Gasteiger partial charge in [0.15, 0.2) is 23.1 Å². The molecule has 0 bridgehead atoms. The van der Waals surface area contributed by atoms with Crippen molar-refractivity contribution in [2.24, 2.45) is 0 Å². The van der Waals surface area contributed by atoms with Crippen LogP contribution in [0.3, 0.4) is 0 Å². The van der Waals surface area contributed by atoms with Gasteiger partial charge in [-0.05, 0) is 31.0 Å². The molecule has 0 radical (unpaired) electrons. The Morgan fingerprint density at radius 1 is 1.12 bits per heavy atom. The first kappa shape index (κ1) is 20.3. The zero-order chi connectivity index (χ0) is 22.1. The van der Waals surface area contributed by atoms with Crippen LogP contribution in [0.2, 0.25) is 0 Å². The number of fused-ring (bicyclic) bond motifs is 1. The molecule has 1 N–H and O–H groups in total. The molecule has 2 aliphatic rings. The van der Waals surface area contributed by atoms with E-state index in [9.17, 15) is 14.4 Å². The van der Waals surface area contributed by atoms with Crippen molar-refractivity contribution in [2.45, 2.75) is 31.2 Å². The van der Waals surface area contributed by atoms with E-state index < -0.39 is 24.0 Å². The van der Waals surface area contributed by atoms with Gasteiger partial charge in [-0.15, -0.1) is 11.3 Å². The van der Waals surface area contributed by atoms with Crippen LogP contribution in [0.15, 0.2) is 48.1 Å². The molecular weight excluding hydrogens is 430 g/mol. The first-order valence-corrected chi connectivity index (χ1v) is 11.1. The maximum absolute atomic E-state index is 13.3. The van der Waals surface area contributed by atoms with Crippen LogP contribution in [0.4, 0.5) is 11.4 Å². The summed E-state index contributed by atoms with van der Waals surface area (Å²) in [6.45, 7) is -0.489. The third-order valence-electron chi connectivity index (χ3n) is 5.72. The number of hydrogen-bond acceptors (Lipinski definition) is 8. The molecule has 1 aromatic carbocycles. The maximum atomic E-state index is 13.3. The lowest BCUT2D eigenvalue weighted by Gasteiger charge is -2.44. The molecule has 5 rings (SSSR count). The van der Waals surface area contributed by atoms with Crippen molar-refractivity contribution < 1.29 is 19.1 Å². The lowest BCUT2D eigenvalue weighted by Crippen LogP contribution is -2.61. The van der Waals surface area contributed by atoms with Gasteiger partial charge in [-0.25, -0.2) is 19.7 Å². The molecule has 0 atom stereocenters. The Hall–Kier alpha value is -3.66. The molecule has 1 aliphatic heterocycles. The summed E-state index contributed by atoms with van der Waals surface area (Å²) in [5, 5.41) is 4.95. The topological polar surface area (TPSA) is 114 Å². The van der Waals surface area contributed by atoms with E-state index in [1.807, 2.05) is 6.07 Å². The molecule has 0 unspecified atom stereocenters. The van der Waals surface area contributed by atoms with Crippen molar-refractivity contribution in [3.63, 3.8) is 0 Å². The van der Waals surface area contributed by atoms with Crippen LogP contribution in [0.5, 0.6) is 0 Å². The first-order valence-electron chi connectivity index (χ1n) is 10.2. The summed E-state index contributed by atoms with van der Waals surface area (Å²) in [7, 11) is 0. The van der Waals surface area contributed by atoms with Gasteiger partial charge in [-0.2, -0.15) is 0 Å². The van der Waals surface area contributed by atoms with Gasteiger partial charge < -0.3 is 10.1 Å². The minimum absolute atomic E-state index is 0.0811. The molecular formula is C22H19N5O4S. The normalized spacial score (nSPS) is 16.5. The summed E-state index contributed by atoms with van der Waals surface area (Å²) in [6, 6.07) is 8.84. The fourth-order valence-corrected chi connectivity index (χ4v) is 5.01. The molecule has 3 heterocycles. The summed E-state index contributed by atoms with van der Waals surface area (Å²) < 4.78 is 5.29. The van der Waals surface area contributed by atoms with E-state index in [0.717, 1.165) is 12.8 Å². The van der Waals surface area contributed by atoms with Crippen LogP contribution in [-0.2, 0) is 14.3 Å². The van der Waals surface area contributed by atoms with E-state index >= 15 is 0 Å². The number of carbonyl (C=O) groups is 3. The van der Waals surface area contributed by atoms with Crippen LogP contribution in [-0.4, -0.2) is 44.9 Å². The Labute approximate surface area is 187 Å². The van der Waals surface area contributed by atoms with Gasteiger partial charge >= 0.3 is 5.97 Å². The maximum Gasteiger partial charge on any atom is 0.358 e. The second-order valence-corrected chi connectivity index (χ2v) is 8.48. The van der Waals surface area contributed by atoms with E-state index in [1.54, 1.807) is 42.0 Å². The van der Waals surface area contributed by atoms with E-state index in [0.29, 0.717) is 35.0 Å². The first-order chi connectivity index (χ1) is 15.6. The highest BCUT2D eigenvalue weighted by molar-refractivity contribution is 7.13. The Bertz CT molecular complexity index is 1190. The van der Waals surface area contributed by atoms with Crippen LogP contribution < -0.4 is 10.2 Å². The molecule has 2 amide bonds. The number of amides is 2. The second-order valence-electron chi connectivity index (χ2n) is 7.63. The largest absolute Gasteiger partial charge is 0.451 e. The van der Waals surface area contributed by atoms with Gasteiger partial charge in [0, 0.05) is 17.8 Å². The Morgan fingerprint density at radius 2 is 1.88 bits per heavy atom. The number of nitrogens with one attached hydrogen (secondary N) is 1. The molecule has 2 aromatic heterocycles. The molecule has 9 nitrogen and oxygen atoms in total. The average Bonchev–Trinajstić information content (AvgIpc) is 3.50. The predicted octanol–water partition coefficient (Wildman–Crippen LogP) is 3.06. The van der Waals surface area contributed by atoms with E-state index in [2.05, 4.69) is 20.3 Å². The number of carbonyl (C=O) groups excluding carboxylic acids is 3. The summed E-state index contributed by atoms with van der Waals surface area (Å²) >= 11 is 1.21. The van der Waals surface area contributed by atoms with Crippen molar-refractivity contribution in [2.75, 3.05) is 16.8 Å². The van der Waals surface area contributed by atoms with Crippen molar-refractivity contribution >= 4 is 40.5 Å². The van der Waals surface area contributed by atoms with Crippen LogP contribution >= 0.6 is 11.3 Å². The molecule has 1 aliphatic carbocycles. The Kier molecular flexibility index (Phi) is 5.14. The lowest BCUT2D eigenvalue weighted by molar-refractivity contribution is -0.129.